The smallest absolute Gasteiger partial charge is 0.219 e. The third-order valence-corrected chi connectivity index (χ3v) is 2.46. The molecule has 0 saturated carbocycles. The van der Waals surface area contributed by atoms with Crippen LogP contribution in [0.1, 0.15) is 46.0 Å². The molecule has 3 heteroatoms. The van der Waals surface area contributed by atoms with Crippen molar-refractivity contribution >= 4 is 5.91 Å². The Morgan fingerprint density at radius 2 is 1.73 bits per heavy atom. The summed E-state index contributed by atoms with van der Waals surface area (Å²) in [6.45, 7) is 6.35. The molecule has 0 atom stereocenters. The molecular formula is C12H25NO2. The molecule has 0 unspecified atom stereocenters. The largest absolute Gasteiger partial charge is 0.381 e. The maximum absolute atomic E-state index is 10.9. The van der Waals surface area contributed by atoms with Crippen molar-refractivity contribution in [3.63, 3.8) is 0 Å². The third-order valence-electron chi connectivity index (χ3n) is 2.46. The number of hydrogen-bond donors (Lipinski definition) is 0. The van der Waals surface area contributed by atoms with Crippen molar-refractivity contribution in [1.29, 1.82) is 0 Å². The molecule has 0 bridgehead atoms. The summed E-state index contributed by atoms with van der Waals surface area (Å²) in [5.41, 5.74) is 0. The lowest BCUT2D eigenvalue weighted by Crippen LogP contribution is -2.24. The van der Waals surface area contributed by atoms with Crippen LogP contribution in [-0.4, -0.2) is 37.6 Å². The van der Waals surface area contributed by atoms with Gasteiger partial charge in [0.25, 0.3) is 0 Å². The Labute approximate surface area is 93.8 Å². The SMILES string of the molecule is CCCCCOCCCCN(C)C(C)=O. The molecule has 15 heavy (non-hydrogen) atoms. The Kier molecular flexibility index (Phi) is 9.59. The molecule has 0 spiro atoms. The first-order chi connectivity index (χ1) is 7.18. The van der Waals surface area contributed by atoms with Crippen LogP contribution in [0.2, 0.25) is 0 Å². The third kappa shape index (κ3) is 9.73. The molecule has 0 aliphatic heterocycles. The van der Waals surface area contributed by atoms with E-state index in [1.54, 1.807) is 11.8 Å². The number of amides is 1. The number of nitrogens with zero attached hydrogens (tertiary/aromatic N) is 1. The Balaban J connectivity index is 3.08. The normalized spacial score (nSPS) is 10.3. The second-order valence-electron chi connectivity index (χ2n) is 3.97. The van der Waals surface area contributed by atoms with Crippen molar-refractivity contribution in [2.75, 3.05) is 26.8 Å². The summed E-state index contributed by atoms with van der Waals surface area (Å²) >= 11 is 0. The summed E-state index contributed by atoms with van der Waals surface area (Å²) in [5, 5.41) is 0. The molecule has 3 nitrogen and oxygen atoms in total. The fourth-order valence-corrected chi connectivity index (χ4v) is 1.27. The molecule has 0 aromatic carbocycles. The number of carbonyl (C=O) groups is 1. The summed E-state index contributed by atoms with van der Waals surface area (Å²) in [5.74, 6) is 0.138. The molecule has 0 aromatic rings. The molecule has 0 heterocycles. The zero-order valence-corrected chi connectivity index (χ0v) is 10.4. The number of carbonyl (C=O) groups excluding carboxylic acids is 1. The van der Waals surface area contributed by atoms with Crippen LogP contribution < -0.4 is 0 Å². The van der Waals surface area contributed by atoms with E-state index in [0.29, 0.717) is 0 Å². The van der Waals surface area contributed by atoms with Gasteiger partial charge in [-0.3, -0.25) is 4.79 Å². The van der Waals surface area contributed by atoms with E-state index in [2.05, 4.69) is 6.92 Å². The van der Waals surface area contributed by atoms with Gasteiger partial charge >= 0.3 is 0 Å². The summed E-state index contributed by atoms with van der Waals surface area (Å²) in [6.07, 6.45) is 5.75. The number of ether oxygens (including phenoxy) is 1. The topological polar surface area (TPSA) is 29.5 Å². The summed E-state index contributed by atoms with van der Waals surface area (Å²) < 4.78 is 5.47. The molecule has 90 valence electrons. The number of hydrogen-bond acceptors (Lipinski definition) is 2. The molecule has 0 saturated heterocycles. The standard InChI is InChI=1S/C12H25NO2/c1-4-5-7-10-15-11-8-6-9-13(3)12(2)14/h4-11H2,1-3H3. The highest BCUT2D eigenvalue weighted by atomic mass is 16.5. The predicted octanol–water partition coefficient (Wildman–Crippen LogP) is 2.45. The quantitative estimate of drug-likeness (QED) is 0.553. The highest BCUT2D eigenvalue weighted by Gasteiger charge is 2.00. The Morgan fingerprint density at radius 3 is 2.27 bits per heavy atom. The fourth-order valence-electron chi connectivity index (χ4n) is 1.27. The van der Waals surface area contributed by atoms with Gasteiger partial charge in [0.05, 0.1) is 0 Å². The van der Waals surface area contributed by atoms with Gasteiger partial charge in [-0.15, -0.1) is 0 Å². The lowest BCUT2D eigenvalue weighted by Gasteiger charge is -2.14. The van der Waals surface area contributed by atoms with Crippen molar-refractivity contribution in [2.24, 2.45) is 0 Å². The van der Waals surface area contributed by atoms with Crippen LogP contribution in [0.4, 0.5) is 0 Å². The lowest BCUT2D eigenvalue weighted by molar-refractivity contribution is -0.127. The minimum Gasteiger partial charge on any atom is -0.381 e. The van der Waals surface area contributed by atoms with E-state index < -0.39 is 0 Å². The zero-order valence-electron chi connectivity index (χ0n) is 10.4. The first kappa shape index (κ1) is 14.4. The van der Waals surface area contributed by atoms with Gasteiger partial charge in [0, 0.05) is 33.7 Å². The summed E-state index contributed by atoms with van der Waals surface area (Å²) in [6, 6.07) is 0. The molecule has 0 aromatic heterocycles. The molecular weight excluding hydrogens is 190 g/mol. The molecule has 0 aliphatic rings. The first-order valence-electron chi connectivity index (χ1n) is 5.98. The van der Waals surface area contributed by atoms with Crippen LogP contribution in [-0.2, 0) is 9.53 Å². The molecule has 0 N–H and O–H groups in total. The van der Waals surface area contributed by atoms with Gasteiger partial charge in [-0.25, -0.2) is 0 Å². The van der Waals surface area contributed by atoms with Crippen molar-refractivity contribution < 1.29 is 9.53 Å². The Morgan fingerprint density at radius 1 is 1.13 bits per heavy atom. The van der Waals surface area contributed by atoms with Crippen molar-refractivity contribution in [3.8, 4) is 0 Å². The van der Waals surface area contributed by atoms with Gasteiger partial charge in [0.1, 0.15) is 0 Å². The number of rotatable bonds is 9. The molecule has 0 fully saturated rings. The fraction of sp³-hybridized carbons (Fsp3) is 0.917. The van der Waals surface area contributed by atoms with Crippen LogP contribution in [0.3, 0.4) is 0 Å². The first-order valence-corrected chi connectivity index (χ1v) is 5.98. The van der Waals surface area contributed by atoms with Gasteiger partial charge in [0.2, 0.25) is 5.91 Å². The minimum atomic E-state index is 0.138. The maximum Gasteiger partial charge on any atom is 0.219 e. The lowest BCUT2D eigenvalue weighted by atomic mass is 10.3. The Hall–Kier alpha value is -0.570. The molecule has 1 amide bonds. The van der Waals surface area contributed by atoms with Gasteiger partial charge in [-0.2, -0.15) is 0 Å². The Bertz CT molecular complexity index is 160. The van der Waals surface area contributed by atoms with E-state index in [9.17, 15) is 4.79 Å². The average Bonchev–Trinajstić information content (AvgIpc) is 2.21. The van der Waals surface area contributed by atoms with Crippen molar-refractivity contribution in [3.05, 3.63) is 0 Å². The van der Waals surface area contributed by atoms with E-state index in [1.807, 2.05) is 7.05 Å². The second kappa shape index (κ2) is 9.97. The molecule has 0 radical (unpaired) electrons. The van der Waals surface area contributed by atoms with Crippen LogP contribution in [0.25, 0.3) is 0 Å². The summed E-state index contributed by atoms with van der Waals surface area (Å²) in [7, 11) is 1.84. The van der Waals surface area contributed by atoms with E-state index in [-0.39, 0.29) is 5.91 Å². The highest BCUT2D eigenvalue weighted by molar-refractivity contribution is 5.72. The average molecular weight is 215 g/mol. The van der Waals surface area contributed by atoms with Gasteiger partial charge < -0.3 is 9.64 Å². The maximum atomic E-state index is 10.9. The zero-order chi connectivity index (χ0) is 11.5. The molecule has 0 rings (SSSR count). The van der Waals surface area contributed by atoms with E-state index in [1.165, 1.54) is 19.3 Å². The minimum absolute atomic E-state index is 0.138. The van der Waals surface area contributed by atoms with Crippen molar-refractivity contribution in [2.45, 2.75) is 46.0 Å². The highest BCUT2D eigenvalue weighted by Crippen LogP contribution is 1.97. The predicted molar refractivity (Wildman–Crippen MR) is 62.9 cm³/mol. The summed E-state index contributed by atoms with van der Waals surface area (Å²) in [4.78, 5) is 12.6. The van der Waals surface area contributed by atoms with Crippen LogP contribution in [0.5, 0.6) is 0 Å². The second-order valence-corrected chi connectivity index (χ2v) is 3.97. The monoisotopic (exact) mass is 215 g/mol. The van der Waals surface area contributed by atoms with Crippen LogP contribution in [0.15, 0.2) is 0 Å². The number of unbranched alkanes of at least 4 members (excludes halogenated alkanes) is 3. The van der Waals surface area contributed by atoms with E-state index in [0.717, 1.165) is 32.6 Å². The van der Waals surface area contributed by atoms with Crippen molar-refractivity contribution in [1.82, 2.24) is 4.90 Å². The van der Waals surface area contributed by atoms with E-state index in [4.69, 9.17) is 4.74 Å². The van der Waals surface area contributed by atoms with Crippen LogP contribution in [0, 0.1) is 0 Å². The van der Waals surface area contributed by atoms with Gasteiger partial charge in [-0.1, -0.05) is 19.8 Å². The van der Waals surface area contributed by atoms with Gasteiger partial charge in [-0.05, 0) is 19.3 Å². The molecule has 0 aliphatic carbocycles. The van der Waals surface area contributed by atoms with Crippen LogP contribution >= 0.6 is 0 Å². The van der Waals surface area contributed by atoms with E-state index >= 15 is 0 Å². The van der Waals surface area contributed by atoms with Gasteiger partial charge in [0.15, 0.2) is 0 Å².